The normalized spacial score (nSPS) is 20.9. The average molecular weight is 436 g/mol. The summed E-state index contributed by atoms with van der Waals surface area (Å²) in [5.74, 6) is 0.684. The minimum absolute atomic E-state index is 0.204. The first-order valence-electron chi connectivity index (χ1n) is 11.3. The predicted octanol–water partition coefficient (Wildman–Crippen LogP) is 4.55. The van der Waals surface area contributed by atoms with Crippen LogP contribution < -0.4 is 9.80 Å². The lowest BCUT2D eigenvalue weighted by molar-refractivity contribution is 0.0473. The molecule has 7 nitrogen and oxygen atoms in total. The van der Waals surface area contributed by atoms with Crippen molar-refractivity contribution in [2.75, 3.05) is 29.5 Å². The number of hydrogen-bond acceptors (Lipinski definition) is 6. The first-order valence-corrected chi connectivity index (χ1v) is 11.3. The molecule has 2 aromatic rings. The monoisotopic (exact) mass is 435 g/mol. The Morgan fingerprint density at radius 1 is 1.06 bits per heavy atom. The van der Waals surface area contributed by atoms with Crippen molar-refractivity contribution in [1.82, 2.24) is 4.98 Å². The number of hydrogen-bond donors (Lipinski definition) is 0. The van der Waals surface area contributed by atoms with Crippen molar-refractivity contribution >= 4 is 23.7 Å². The van der Waals surface area contributed by atoms with Crippen molar-refractivity contribution in [1.29, 1.82) is 0 Å². The fourth-order valence-corrected chi connectivity index (χ4v) is 4.65. The molecule has 0 N–H and O–H groups in total. The Morgan fingerprint density at radius 2 is 1.78 bits per heavy atom. The Labute approximate surface area is 188 Å². The van der Waals surface area contributed by atoms with E-state index >= 15 is 0 Å². The molecule has 0 atom stereocenters. The number of esters is 1. The van der Waals surface area contributed by atoms with Crippen LogP contribution in [0, 0.1) is 5.41 Å². The first-order chi connectivity index (χ1) is 15.4. The molecule has 1 saturated carbocycles. The second-order valence-electron chi connectivity index (χ2n) is 9.79. The largest absolute Gasteiger partial charge is 0.457 e. The van der Waals surface area contributed by atoms with E-state index in [1.807, 2.05) is 44.2 Å². The Hall–Kier alpha value is -3.09. The number of aromatic nitrogens is 1. The van der Waals surface area contributed by atoms with Gasteiger partial charge in [0.05, 0.1) is 5.54 Å². The lowest BCUT2D eigenvalue weighted by Crippen LogP contribution is -2.43. The number of ether oxygens (including phenoxy) is 2. The van der Waals surface area contributed by atoms with E-state index in [2.05, 4.69) is 4.90 Å². The van der Waals surface area contributed by atoms with Gasteiger partial charge in [-0.2, -0.15) is 0 Å². The van der Waals surface area contributed by atoms with Crippen LogP contribution >= 0.6 is 0 Å². The van der Waals surface area contributed by atoms with Crippen molar-refractivity contribution < 1.29 is 19.1 Å². The SMILES string of the molecule is CC1(C)COC(=O)N1c1ccc(C(=O)OCc2ccccc2)c(N2CCC3(CC2)CC3)n1. The standard InChI is InChI=1S/C25H29N3O4/c1-24(2)17-32-23(30)28(24)20-9-8-19(22(29)31-16-18-6-4-3-5-7-18)21(26-20)27-14-12-25(10-11-25)13-15-27/h3-9H,10-17H2,1-2H3. The average Bonchev–Trinajstić information content (AvgIpc) is 3.49. The van der Waals surface area contributed by atoms with Gasteiger partial charge < -0.3 is 14.4 Å². The Bertz CT molecular complexity index is 1020. The highest BCUT2D eigenvalue weighted by Crippen LogP contribution is 2.54. The lowest BCUT2D eigenvalue weighted by Gasteiger charge is -2.35. The molecule has 1 aliphatic carbocycles. The predicted molar refractivity (Wildman–Crippen MR) is 121 cm³/mol. The van der Waals surface area contributed by atoms with Crippen LogP contribution in [0.2, 0.25) is 0 Å². The van der Waals surface area contributed by atoms with Crippen LogP contribution in [0.15, 0.2) is 42.5 Å². The third kappa shape index (κ3) is 3.92. The maximum atomic E-state index is 13.1. The van der Waals surface area contributed by atoms with Gasteiger partial charge >= 0.3 is 12.1 Å². The number of nitrogens with zero attached hydrogens (tertiary/aromatic N) is 3. The zero-order chi connectivity index (χ0) is 22.3. The van der Waals surface area contributed by atoms with Gasteiger partial charge in [-0.1, -0.05) is 30.3 Å². The van der Waals surface area contributed by atoms with E-state index in [1.54, 1.807) is 17.0 Å². The van der Waals surface area contributed by atoms with Gasteiger partial charge in [-0.05, 0) is 62.6 Å². The topological polar surface area (TPSA) is 72.0 Å². The van der Waals surface area contributed by atoms with Crippen LogP contribution in [0.3, 0.4) is 0 Å². The Morgan fingerprint density at radius 3 is 2.41 bits per heavy atom. The molecule has 7 heteroatoms. The number of anilines is 2. The van der Waals surface area contributed by atoms with Crippen LogP contribution in [0.5, 0.6) is 0 Å². The van der Waals surface area contributed by atoms with E-state index in [4.69, 9.17) is 14.5 Å². The Kier molecular flexibility index (Phi) is 5.07. The highest BCUT2D eigenvalue weighted by molar-refractivity contribution is 5.96. The molecular formula is C25H29N3O4. The number of benzene rings is 1. The van der Waals surface area contributed by atoms with Crippen molar-refractivity contribution in [3.63, 3.8) is 0 Å². The minimum Gasteiger partial charge on any atom is -0.457 e. The number of amides is 1. The molecule has 168 valence electrons. The number of pyridine rings is 1. The summed E-state index contributed by atoms with van der Waals surface area (Å²) in [6.45, 7) is 6.09. The van der Waals surface area contributed by atoms with Gasteiger partial charge in [0.15, 0.2) is 0 Å². The van der Waals surface area contributed by atoms with Gasteiger partial charge in [-0.3, -0.25) is 4.90 Å². The first kappa shape index (κ1) is 20.8. The molecule has 3 aliphatic rings. The molecular weight excluding hydrogens is 406 g/mol. The van der Waals surface area contributed by atoms with Gasteiger partial charge in [0.1, 0.15) is 30.4 Å². The summed E-state index contributed by atoms with van der Waals surface area (Å²) in [4.78, 5) is 34.0. The van der Waals surface area contributed by atoms with Crippen molar-refractivity contribution in [2.45, 2.75) is 51.7 Å². The fraction of sp³-hybridized carbons (Fsp3) is 0.480. The fourth-order valence-electron chi connectivity index (χ4n) is 4.65. The third-order valence-electron chi connectivity index (χ3n) is 6.94. The molecule has 1 aromatic heterocycles. The van der Waals surface area contributed by atoms with Crippen LogP contribution in [0.4, 0.5) is 16.4 Å². The maximum Gasteiger partial charge on any atom is 0.416 e. The molecule has 2 aliphatic heterocycles. The van der Waals surface area contributed by atoms with Gasteiger partial charge in [0.25, 0.3) is 0 Å². The number of cyclic esters (lactones) is 1. The van der Waals surface area contributed by atoms with Crippen molar-refractivity contribution in [3.8, 4) is 0 Å². The van der Waals surface area contributed by atoms with Gasteiger partial charge in [0, 0.05) is 13.1 Å². The number of rotatable bonds is 5. The van der Waals surface area contributed by atoms with E-state index in [0.29, 0.717) is 29.2 Å². The van der Waals surface area contributed by atoms with Crippen LogP contribution in [0.25, 0.3) is 0 Å². The maximum absolute atomic E-state index is 13.1. The second kappa shape index (κ2) is 7.80. The van der Waals surface area contributed by atoms with Crippen molar-refractivity contribution in [2.24, 2.45) is 5.41 Å². The van der Waals surface area contributed by atoms with Crippen LogP contribution in [-0.2, 0) is 16.1 Å². The van der Waals surface area contributed by atoms with E-state index in [1.165, 1.54) is 12.8 Å². The summed E-state index contributed by atoms with van der Waals surface area (Å²) in [6.07, 6.45) is 4.40. The zero-order valence-electron chi connectivity index (χ0n) is 18.7. The molecule has 3 heterocycles. The summed E-state index contributed by atoms with van der Waals surface area (Å²) in [6, 6.07) is 13.1. The number of carbonyl (C=O) groups excluding carboxylic acids is 2. The zero-order valence-corrected chi connectivity index (χ0v) is 18.7. The smallest absolute Gasteiger partial charge is 0.416 e. The lowest BCUT2D eigenvalue weighted by atomic mass is 9.93. The molecule has 32 heavy (non-hydrogen) atoms. The van der Waals surface area contributed by atoms with E-state index < -0.39 is 17.6 Å². The summed E-state index contributed by atoms with van der Waals surface area (Å²) in [5.41, 5.74) is 1.36. The highest BCUT2D eigenvalue weighted by Gasteiger charge is 2.46. The molecule has 5 rings (SSSR count). The van der Waals surface area contributed by atoms with E-state index in [-0.39, 0.29) is 6.61 Å². The molecule has 1 aromatic carbocycles. The van der Waals surface area contributed by atoms with Crippen LogP contribution in [-0.4, -0.2) is 42.3 Å². The molecule has 0 radical (unpaired) electrons. The molecule has 0 unspecified atom stereocenters. The minimum atomic E-state index is -0.503. The van der Waals surface area contributed by atoms with Gasteiger partial charge in [-0.25, -0.2) is 14.6 Å². The van der Waals surface area contributed by atoms with E-state index in [9.17, 15) is 9.59 Å². The highest BCUT2D eigenvalue weighted by atomic mass is 16.6. The van der Waals surface area contributed by atoms with Crippen molar-refractivity contribution in [3.05, 3.63) is 53.6 Å². The van der Waals surface area contributed by atoms with Gasteiger partial charge in [0.2, 0.25) is 0 Å². The summed E-state index contributed by atoms with van der Waals surface area (Å²) < 4.78 is 10.9. The molecule has 2 saturated heterocycles. The van der Waals surface area contributed by atoms with E-state index in [0.717, 1.165) is 31.5 Å². The third-order valence-corrected chi connectivity index (χ3v) is 6.94. The Balaban J connectivity index is 1.43. The quantitative estimate of drug-likeness (QED) is 0.642. The van der Waals surface area contributed by atoms with Gasteiger partial charge in [-0.15, -0.1) is 0 Å². The molecule has 3 fully saturated rings. The number of carbonyl (C=O) groups is 2. The molecule has 0 bridgehead atoms. The molecule has 1 amide bonds. The summed E-state index contributed by atoms with van der Waals surface area (Å²) in [5, 5.41) is 0. The second-order valence-corrected chi connectivity index (χ2v) is 9.79. The molecule has 1 spiro atoms. The summed E-state index contributed by atoms with van der Waals surface area (Å²) >= 11 is 0. The van der Waals surface area contributed by atoms with Crippen LogP contribution in [0.1, 0.15) is 55.5 Å². The summed E-state index contributed by atoms with van der Waals surface area (Å²) in [7, 11) is 0. The number of piperidine rings is 1.